The average molecular weight is 274 g/mol. The number of hydrogen-bond acceptors (Lipinski definition) is 4. The lowest BCUT2D eigenvalue weighted by molar-refractivity contribution is 0.0199. The Morgan fingerprint density at radius 2 is 2.00 bits per heavy atom. The lowest BCUT2D eigenvalue weighted by atomic mass is 10.1. The molecule has 0 aliphatic carbocycles. The molecule has 0 spiro atoms. The molecule has 0 radical (unpaired) electrons. The summed E-state index contributed by atoms with van der Waals surface area (Å²) in [5, 5.41) is 3.53. The molecule has 1 N–H and O–H groups in total. The highest BCUT2D eigenvalue weighted by atomic mass is 32.2. The number of hydrogen-bond donors (Lipinski definition) is 1. The Hall–Kier alpha value is -0.420. The molecule has 0 unspecified atom stereocenters. The first kappa shape index (κ1) is 15.6. The molecule has 0 saturated carbocycles. The number of carbonyl (C=O) groups excluding carboxylic acids is 1. The van der Waals surface area contributed by atoms with E-state index in [1.807, 2.05) is 37.4 Å². The summed E-state index contributed by atoms with van der Waals surface area (Å²) in [7, 11) is 0. The number of nitrogens with zero attached hydrogens (tertiary/aromatic N) is 1. The lowest BCUT2D eigenvalue weighted by Gasteiger charge is -2.33. The van der Waals surface area contributed by atoms with Crippen LogP contribution in [0.15, 0.2) is 0 Å². The van der Waals surface area contributed by atoms with Crippen LogP contribution in [0.3, 0.4) is 0 Å². The summed E-state index contributed by atoms with van der Waals surface area (Å²) < 4.78 is 5.37. The zero-order valence-corrected chi connectivity index (χ0v) is 12.8. The Morgan fingerprint density at radius 1 is 1.39 bits per heavy atom. The van der Waals surface area contributed by atoms with E-state index in [4.69, 9.17) is 4.74 Å². The number of rotatable bonds is 4. The highest BCUT2D eigenvalue weighted by Crippen LogP contribution is 2.15. The van der Waals surface area contributed by atoms with Gasteiger partial charge in [0.2, 0.25) is 0 Å². The maximum absolute atomic E-state index is 11.9. The topological polar surface area (TPSA) is 41.6 Å². The molecule has 0 bridgehead atoms. The SMILES string of the molecule is CSCCNC1CCN(C(=O)OC(C)(C)C)CC1. The minimum atomic E-state index is -0.398. The van der Waals surface area contributed by atoms with E-state index >= 15 is 0 Å². The minimum absolute atomic E-state index is 0.176. The van der Waals surface area contributed by atoms with Crippen LogP contribution >= 0.6 is 11.8 Å². The number of ether oxygens (including phenoxy) is 1. The van der Waals surface area contributed by atoms with Crippen LogP contribution in [0.2, 0.25) is 0 Å². The molecule has 0 aromatic rings. The fraction of sp³-hybridized carbons (Fsp3) is 0.923. The van der Waals surface area contributed by atoms with Crippen molar-refractivity contribution in [3.8, 4) is 0 Å². The molecule has 0 atom stereocenters. The normalized spacial score (nSPS) is 17.9. The Kier molecular flexibility index (Phi) is 6.29. The Labute approximate surface area is 115 Å². The summed E-state index contributed by atoms with van der Waals surface area (Å²) >= 11 is 1.85. The van der Waals surface area contributed by atoms with Gasteiger partial charge in [0, 0.05) is 31.4 Å². The molecule has 5 heteroatoms. The van der Waals surface area contributed by atoms with Gasteiger partial charge in [-0.25, -0.2) is 4.79 Å². The van der Waals surface area contributed by atoms with Crippen molar-refractivity contribution in [1.82, 2.24) is 10.2 Å². The second kappa shape index (κ2) is 7.24. The van der Waals surface area contributed by atoms with E-state index in [-0.39, 0.29) is 6.09 Å². The van der Waals surface area contributed by atoms with Gasteiger partial charge in [-0.05, 0) is 39.9 Å². The molecule has 1 amide bonds. The van der Waals surface area contributed by atoms with Gasteiger partial charge < -0.3 is 15.0 Å². The van der Waals surface area contributed by atoms with Gasteiger partial charge in [-0.15, -0.1) is 0 Å². The van der Waals surface area contributed by atoms with Gasteiger partial charge in [-0.3, -0.25) is 0 Å². The van der Waals surface area contributed by atoms with E-state index in [1.165, 1.54) is 0 Å². The first-order valence-electron chi connectivity index (χ1n) is 6.62. The summed E-state index contributed by atoms with van der Waals surface area (Å²) in [6.07, 6.45) is 3.98. The van der Waals surface area contributed by atoms with Crippen LogP contribution in [0, 0.1) is 0 Å². The number of thioether (sulfide) groups is 1. The zero-order valence-electron chi connectivity index (χ0n) is 12.0. The van der Waals surface area contributed by atoms with Gasteiger partial charge >= 0.3 is 6.09 Å². The van der Waals surface area contributed by atoms with Gasteiger partial charge in [-0.2, -0.15) is 11.8 Å². The largest absolute Gasteiger partial charge is 0.444 e. The van der Waals surface area contributed by atoms with E-state index in [2.05, 4.69) is 11.6 Å². The molecule has 0 aromatic carbocycles. The summed E-state index contributed by atoms with van der Waals surface area (Å²) in [5.74, 6) is 1.15. The number of amides is 1. The number of nitrogens with one attached hydrogen (secondary N) is 1. The second-order valence-electron chi connectivity index (χ2n) is 5.69. The van der Waals surface area contributed by atoms with Crippen LogP contribution in [0.25, 0.3) is 0 Å². The molecule has 1 fully saturated rings. The van der Waals surface area contributed by atoms with Crippen molar-refractivity contribution in [3.05, 3.63) is 0 Å². The second-order valence-corrected chi connectivity index (χ2v) is 6.67. The summed E-state index contributed by atoms with van der Waals surface area (Å²) in [6.45, 7) is 8.36. The molecule has 106 valence electrons. The Balaban J connectivity index is 2.24. The van der Waals surface area contributed by atoms with Gasteiger partial charge in [0.1, 0.15) is 5.60 Å². The van der Waals surface area contributed by atoms with Crippen molar-refractivity contribution in [3.63, 3.8) is 0 Å². The van der Waals surface area contributed by atoms with Crippen LogP contribution in [-0.2, 0) is 4.74 Å². The molecule has 1 heterocycles. The van der Waals surface area contributed by atoms with Gasteiger partial charge in [0.05, 0.1) is 0 Å². The molecule has 1 rings (SSSR count). The van der Waals surface area contributed by atoms with E-state index in [9.17, 15) is 4.79 Å². The van der Waals surface area contributed by atoms with Crippen LogP contribution in [-0.4, -0.2) is 54.3 Å². The standard InChI is InChI=1S/C13H26N2O2S/c1-13(2,3)17-12(16)15-8-5-11(6-9-15)14-7-10-18-4/h11,14H,5-10H2,1-4H3. The van der Waals surface area contributed by atoms with Crippen molar-refractivity contribution in [2.24, 2.45) is 0 Å². The molecule has 1 aliphatic heterocycles. The summed E-state index contributed by atoms with van der Waals surface area (Å²) in [5.41, 5.74) is -0.398. The third-order valence-corrected chi connectivity index (χ3v) is 3.50. The van der Waals surface area contributed by atoms with Crippen LogP contribution in [0.4, 0.5) is 4.79 Å². The average Bonchev–Trinajstić information content (AvgIpc) is 2.28. The van der Waals surface area contributed by atoms with Crippen molar-refractivity contribution in [2.75, 3.05) is 31.6 Å². The van der Waals surface area contributed by atoms with Crippen LogP contribution in [0.5, 0.6) is 0 Å². The molecular formula is C13H26N2O2S. The molecule has 1 aliphatic rings. The fourth-order valence-electron chi connectivity index (χ4n) is 1.96. The van der Waals surface area contributed by atoms with Gasteiger partial charge in [0.15, 0.2) is 0 Å². The Morgan fingerprint density at radius 3 is 2.50 bits per heavy atom. The Bertz CT molecular complexity index is 258. The van der Waals surface area contributed by atoms with E-state index in [0.29, 0.717) is 6.04 Å². The maximum atomic E-state index is 11.9. The predicted molar refractivity (Wildman–Crippen MR) is 77.2 cm³/mol. The molecular weight excluding hydrogens is 248 g/mol. The number of carbonyl (C=O) groups is 1. The maximum Gasteiger partial charge on any atom is 0.410 e. The van der Waals surface area contributed by atoms with Crippen molar-refractivity contribution >= 4 is 17.9 Å². The quantitative estimate of drug-likeness (QED) is 0.799. The lowest BCUT2D eigenvalue weighted by Crippen LogP contribution is -2.46. The first-order chi connectivity index (χ1) is 8.42. The summed E-state index contributed by atoms with van der Waals surface area (Å²) in [4.78, 5) is 13.7. The van der Waals surface area contributed by atoms with Crippen LogP contribution in [0.1, 0.15) is 33.6 Å². The van der Waals surface area contributed by atoms with Gasteiger partial charge in [0.25, 0.3) is 0 Å². The van der Waals surface area contributed by atoms with Gasteiger partial charge in [-0.1, -0.05) is 0 Å². The zero-order chi connectivity index (χ0) is 13.6. The predicted octanol–water partition coefficient (Wildman–Crippen LogP) is 2.34. The van der Waals surface area contributed by atoms with Crippen molar-refractivity contribution in [2.45, 2.75) is 45.3 Å². The highest BCUT2D eigenvalue weighted by molar-refractivity contribution is 7.98. The number of piperidine rings is 1. The third-order valence-electron chi connectivity index (χ3n) is 2.89. The highest BCUT2D eigenvalue weighted by Gasteiger charge is 2.26. The van der Waals surface area contributed by atoms with E-state index in [1.54, 1.807) is 0 Å². The molecule has 1 saturated heterocycles. The van der Waals surface area contributed by atoms with Crippen molar-refractivity contribution < 1.29 is 9.53 Å². The first-order valence-corrected chi connectivity index (χ1v) is 8.02. The monoisotopic (exact) mass is 274 g/mol. The third kappa shape index (κ3) is 5.96. The van der Waals surface area contributed by atoms with E-state index < -0.39 is 5.60 Å². The molecule has 0 aromatic heterocycles. The summed E-state index contributed by atoms with van der Waals surface area (Å²) in [6, 6.07) is 0.552. The smallest absolute Gasteiger partial charge is 0.410 e. The van der Waals surface area contributed by atoms with Crippen LogP contribution < -0.4 is 5.32 Å². The minimum Gasteiger partial charge on any atom is -0.444 e. The molecule has 4 nitrogen and oxygen atoms in total. The molecule has 18 heavy (non-hydrogen) atoms. The van der Waals surface area contributed by atoms with Crippen molar-refractivity contribution in [1.29, 1.82) is 0 Å². The fourth-order valence-corrected chi connectivity index (χ4v) is 2.28. The number of likely N-dealkylation sites (tertiary alicyclic amines) is 1. The van der Waals surface area contributed by atoms with E-state index in [0.717, 1.165) is 38.2 Å².